The molecule has 0 aromatic heterocycles. The molecule has 264 valence electrons. The van der Waals surface area contributed by atoms with Crippen LogP contribution in [-0.4, -0.2) is 16.0 Å². The molecule has 0 aliphatic heterocycles. The topological polar surface area (TPSA) is 17.1 Å². The average Bonchev–Trinajstić information content (AvgIpc) is 2.62. The molecule has 0 bridgehead atoms. The molecule has 0 radical (unpaired) electrons. The predicted molar refractivity (Wildman–Crippen MR) is 194 cm³/mol. The van der Waals surface area contributed by atoms with Crippen molar-refractivity contribution in [2.75, 3.05) is 0 Å². The second kappa shape index (κ2) is 14.9. The Morgan fingerprint density at radius 1 is 0.372 bits per heavy atom. The Labute approximate surface area is 280 Å². The van der Waals surface area contributed by atoms with Gasteiger partial charge < -0.3 is 0 Å². The number of carbonyl (C=O) groups excluding carboxylic acids is 1. The normalized spacial score (nSPS) is 14.8. The molecule has 0 atom stereocenters. The smallest absolute Gasteiger partial charge is 0.257 e. The van der Waals surface area contributed by atoms with Gasteiger partial charge in [-0.15, -0.1) is 23.2 Å². The van der Waals surface area contributed by atoms with E-state index >= 15 is 0 Å². The van der Waals surface area contributed by atoms with E-state index in [1.165, 1.54) is 0 Å². The number of alkyl halides is 4. The first-order valence-electron chi connectivity index (χ1n) is 16.0. The molecule has 0 aliphatic rings. The highest BCUT2D eigenvalue weighted by molar-refractivity contribution is 6.49. The van der Waals surface area contributed by atoms with Crippen LogP contribution in [0.25, 0.3) is 0 Å². The van der Waals surface area contributed by atoms with Gasteiger partial charge in [0.25, 0.3) is 5.92 Å². The van der Waals surface area contributed by atoms with E-state index in [9.17, 15) is 13.6 Å². The fourth-order valence-electron chi connectivity index (χ4n) is 4.50. The number of hydrogen-bond donors (Lipinski definition) is 0. The third-order valence-electron chi connectivity index (χ3n) is 8.88. The van der Waals surface area contributed by atoms with Gasteiger partial charge in [-0.25, -0.2) is 8.78 Å². The Morgan fingerprint density at radius 2 is 0.558 bits per heavy atom. The minimum atomic E-state index is -2.63. The van der Waals surface area contributed by atoms with Gasteiger partial charge in [0, 0.05) is 21.7 Å². The van der Waals surface area contributed by atoms with Crippen molar-refractivity contribution >= 4 is 29.0 Å². The summed E-state index contributed by atoms with van der Waals surface area (Å²) >= 11 is 12.5. The Balaban J connectivity index is -0.000000236. The van der Waals surface area contributed by atoms with Gasteiger partial charge >= 0.3 is 0 Å². The van der Waals surface area contributed by atoms with Gasteiger partial charge in [0.2, 0.25) is 0 Å². The third kappa shape index (κ3) is 15.5. The molecular formula is C38H78Cl2F2O. The predicted octanol–water partition coefficient (Wildman–Crippen LogP) is 14.7. The maximum absolute atomic E-state index is 13.4. The number of carbonyl (C=O) groups is 1. The molecule has 0 amide bonds. The van der Waals surface area contributed by atoms with Gasteiger partial charge in [0.1, 0.15) is 10.1 Å². The van der Waals surface area contributed by atoms with Crippen LogP contribution in [0.4, 0.5) is 8.78 Å². The molecule has 0 spiro atoms. The summed E-state index contributed by atoms with van der Waals surface area (Å²) in [7, 11) is 0. The van der Waals surface area contributed by atoms with Gasteiger partial charge in [-0.05, 0) is 27.1 Å². The maximum atomic E-state index is 13.4. The van der Waals surface area contributed by atoms with Gasteiger partial charge in [0.15, 0.2) is 0 Å². The summed E-state index contributed by atoms with van der Waals surface area (Å²) in [5.41, 5.74) is -1.34. The van der Waals surface area contributed by atoms with Gasteiger partial charge in [-0.3, -0.25) is 4.79 Å². The van der Waals surface area contributed by atoms with E-state index in [2.05, 4.69) is 96.9 Å². The van der Waals surface area contributed by atoms with Crippen LogP contribution in [0.1, 0.15) is 180 Å². The molecule has 1 nitrogen and oxygen atoms in total. The maximum Gasteiger partial charge on any atom is 0.257 e. The Bertz CT molecular complexity index is 677. The number of halogens is 4. The van der Waals surface area contributed by atoms with Crippen LogP contribution < -0.4 is 0 Å². The lowest BCUT2D eigenvalue weighted by molar-refractivity contribution is -0.173. The highest BCUT2D eigenvalue weighted by Gasteiger charge is 2.52. The van der Waals surface area contributed by atoms with Crippen LogP contribution in [-0.2, 0) is 4.79 Å². The van der Waals surface area contributed by atoms with Gasteiger partial charge in [-0.2, -0.15) is 0 Å². The summed E-state index contributed by atoms with van der Waals surface area (Å²) in [6, 6.07) is 0. The molecule has 0 saturated carbocycles. The van der Waals surface area contributed by atoms with E-state index in [0.717, 1.165) is 0 Å². The van der Waals surface area contributed by atoms with Crippen molar-refractivity contribution in [3.05, 3.63) is 0 Å². The number of Topliss-reactive ketones (excluding diaryl/α,β-unsaturated/α-hetero) is 1. The molecule has 0 rings (SSSR count). The Morgan fingerprint density at radius 3 is 0.558 bits per heavy atom. The molecule has 0 N–H and O–H groups in total. The Hall–Kier alpha value is 0.110. The third-order valence-corrected chi connectivity index (χ3v) is 11.1. The minimum absolute atomic E-state index is 0.0889. The molecule has 0 fully saturated rings. The van der Waals surface area contributed by atoms with E-state index in [-0.39, 0.29) is 21.7 Å². The second-order valence-electron chi connectivity index (χ2n) is 21.1. The molecule has 0 unspecified atom stereocenters. The lowest BCUT2D eigenvalue weighted by Crippen LogP contribution is -2.45. The first-order chi connectivity index (χ1) is 17.7. The number of hydrogen-bond acceptors (Lipinski definition) is 1. The quantitative estimate of drug-likeness (QED) is 0.237. The van der Waals surface area contributed by atoms with E-state index in [4.69, 9.17) is 23.2 Å². The lowest BCUT2D eigenvalue weighted by atomic mass is 9.56. The monoisotopic (exact) mass is 659 g/mol. The average molecular weight is 660 g/mol. The first kappa shape index (κ1) is 50.0. The summed E-state index contributed by atoms with van der Waals surface area (Å²) in [6.45, 7) is 52.1. The summed E-state index contributed by atoms with van der Waals surface area (Å²) in [5.74, 6) is -2.31. The summed E-state index contributed by atoms with van der Waals surface area (Å²) in [6.07, 6.45) is 0. The van der Waals surface area contributed by atoms with Crippen molar-refractivity contribution in [1.82, 2.24) is 0 Å². The van der Waals surface area contributed by atoms with Crippen LogP contribution in [0.2, 0.25) is 0 Å². The molecule has 0 heterocycles. The van der Waals surface area contributed by atoms with Gasteiger partial charge in [0.05, 0.1) is 0 Å². The van der Waals surface area contributed by atoms with E-state index < -0.39 is 21.1 Å². The molecule has 43 heavy (non-hydrogen) atoms. The van der Waals surface area contributed by atoms with Crippen molar-refractivity contribution in [2.45, 2.75) is 190 Å². The van der Waals surface area contributed by atoms with Gasteiger partial charge in [-0.1, -0.05) is 180 Å². The molecule has 0 aliphatic carbocycles. The summed E-state index contributed by atoms with van der Waals surface area (Å²) in [4.78, 5) is 11.5. The van der Waals surface area contributed by atoms with Crippen molar-refractivity contribution in [1.29, 1.82) is 0 Å². The second-order valence-corrected chi connectivity index (χ2v) is 22.4. The van der Waals surface area contributed by atoms with Crippen LogP contribution in [0.15, 0.2) is 0 Å². The van der Waals surface area contributed by atoms with Crippen molar-refractivity contribution in [2.24, 2.45) is 48.7 Å². The Kier molecular flexibility index (Phi) is 17.3. The fraction of sp³-hybridized carbons (Fsp3) is 0.974. The number of ketones is 1. The van der Waals surface area contributed by atoms with Crippen molar-refractivity contribution in [3.8, 4) is 0 Å². The zero-order valence-electron chi connectivity index (χ0n) is 33.9. The van der Waals surface area contributed by atoms with Crippen LogP contribution in [0.3, 0.4) is 0 Å². The SMILES string of the molecule is CC(C)(C)C(=O)C(C)(C)C.CC(C)(C)C(C)(C)C(C)(C)C.CC(C)(C)C(Cl)(Cl)C(C)(C)C.CC(C)(C)C(F)(F)C(C)(C)C. The van der Waals surface area contributed by atoms with Crippen LogP contribution in [0.5, 0.6) is 0 Å². The van der Waals surface area contributed by atoms with E-state index in [1.54, 1.807) is 41.5 Å². The molecule has 0 aromatic carbocycles. The summed E-state index contributed by atoms with van der Waals surface area (Å²) < 4.78 is 26.2. The minimum Gasteiger partial charge on any atom is -0.299 e. The van der Waals surface area contributed by atoms with Crippen molar-refractivity contribution < 1.29 is 13.6 Å². The van der Waals surface area contributed by atoms with Crippen molar-refractivity contribution in [3.63, 3.8) is 0 Å². The largest absolute Gasteiger partial charge is 0.299 e. The molecule has 0 aromatic rings. The van der Waals surface area contributed by atoms with Crippen LogP contribution >= 0.6 is 23.2 Å². The summed E-state index contributed by atoms with van der Waals surface area (Å²) in [5, 5.41) is 0. The first-order valence-corrected chi connectivity index (χ1v) is 16.7. The zero-order chi connectivity index (χ0) is 37.1. The highest BCUT2D eigenvalue weighted by atomic mass is 35.5. The molecule has 0 saturated heterocycles. The number of rotatable bonds is 0. The van der Waals surface area contributed by atoms with Crippen LogP contribution in [0, 0.1) is 48.7 Å². The molecular weight excluding hydrogens is 581 g/mol. The standard InChI is InChI=1S/C11H24.C9H18Cl2.C9H18F2.C9H18O/c1-9(2,3)11(7,8)10(4,5)6;2*1-7(2,3)9(10,11)8(4,5)6;1-8(2,3)7(10)9(4,5)6/h1-8H3;2*1-6H3;1-6H3. The lowest BCUT2D eigenvalue weighted by Gasteiger charge is -2.49. The van der Waals surface area contributed by atoms with E-state index in [1.807, 2.05) is 41.5 Å². The highest BCUT2D eigenvalue weighted by Crippen LogP contribution is 2.52. The van der Waals surface area contributed by atoms with E-state index in [0.29, 0.717) is 22.0 Å². The fourth-order valence-corrected chi connectivity index (χ4v) is 4.50. The zero-order valence-corrected chi connectivity index (χ0v) is 35.4. The molecule has 5 heteroatoms.